The van der Waals surface area contributed by atoms with Crippen molar-refractivity contribution in [3.63, 3.8) is 0 Å². The van der Waals surface area contributed by atoms with E-state index in [9.17, 15) is 12.8 Å². The number of hydrogen-bond donors (Lipinski definition) is 0. The zero-order valence-electron chi connectivity index (χ0n) is 12.5. The summed E-state index contributed by atoms with van der Waals surface area (Å²) >= 11 is 0. The highest BCUT2D eigenvalue weighted by Gasteiger charge is 2.22. The lowest BCUT2D eigenvalue weighted by atomic mass is 10.2. The Labute approximate surface area is 134 Å². The molecule has 0 fully saturated rings. The molecule has 0 radical (unpaired) electrons. The van der Waals surface area contributed by atoms with Crippen LogP contribution in [-0.4, -0.2) is 18.0 Å². The topological polar surface area (TPSA) is 52.0 Å². The van der Waals surface area contributed by atoms with E-state index >= 15 is 0 Å². The average Bonchev–Trinajstić information content (AvgIpc) is 2.97. The van der Waals surface area contributed by atoms with Gasteiger partial charge in [0.2, 0.25) is 15.0 Å². The second kappa shape index (κ2) is 5.96. The number of sulfone groups is 1. The van der Waals surface area contributed by atoms with Gasteiger partial charge >= 0.3 is 0 Å². The Balaban J connectivity index is 2.00. The van der Waals surface area contributed by atoms with Crippen LogP contribution in [0.25, 0.3) is 5.69 Å². The number of halogens is 1. The zero-order chi connectivity index (χ0) is 16.4. The van der Waals surface area contributed by atoms with E-state index in [0.717, 1.165) is 5.56 Å². The minimum absolute atomic E-state index is 0.0930. The van der Waals surface area contributed by atoms with Crippen LogP contribution in [-0.2, 0) is 15.6 Å². The smallest absolute Gasteiger partial charge is 0.232 e. The van der Waals surface area contributed by atoms with E-state index in [1.807, 2.05) is 25.1 Å². The fourth-order valence-electron chi connectivity index (χ4n) is 2.43. The van der Waals surface area contributed by atoms with Gasteiger partial charge in [-0.05, 0) is 30.7 Å². The van der Waals surface area contributed by atoms with E-state index in [0.29, 0.717) is 11.3 Å². The van der Waals surface area contributed by atoms with E-state index in [-0.39, 0.29) is 10.9 Å². The lowest BCUT2D eigenvalue weighted by Gasteiger charge is -2.09. The molecule has 0 bridgehead atoms. The Bertz CT molecular complexity index is 948. The van der Waals surface area contributed by atoms with Crippen LogP contribution in [0.3, 0.4) is 0 Å². The van der Waals surface area contributed by atoms with Gasteiger partial charge in [0, 0.05) is 12.4 Å². The molecule has 0 aliphatic rings. The fourth-order valence-corrected chi connectivity index (χ4v) is 3.86. The standard InChI is InChI=1S/C17H15FN2O2S/c1-13-4-2-5-14(10-13)12-23(21,22)17-19-8-9-20(17)16-7-3-6-15(18)11-16/h2-11H,12H2,1H3. The second-order valence-electron chi connectivity index (χ2n) is 5.31. The zero-order valence-corrected chi connectivity index (χ0v) is 13.3. The minimum Gasteiger partial charge on any atom is -0.291 e. The highest BCUT2D eigenvalue weighted by atomic mass is 32.2. The van der Waals surface area contributed by atoms with E-state index < -0.39 is 15.7 Å². The van der Waals surface area contributed by atoms with Gasteiger partial charge in [-0.3, -0.25) is 4.57 Å². The van der Waals surface area contributed by atoms with Crippen molar-refractivity contribution >= 4 is 9.84 Å². The van der Waals surface area contributed by atoms with Crippen LogP contribution in [0.4, 0.5) is 4.39 Å². The molecule has 1 heterocycles. The number of hydrogen-bond acceptors (Lipinski definition) is 3. The molecule has 2 aromatic carbocycles. The molecule has 23 heavy (non-hydrogen) atoms. The predicted molar refractivity (Wildman–Crippen MR) is 85.6 cm³/mol. The summed E-state index contributed by atoms with van der Waals surface area (Å²) in [5, 5.41) is -0.0930. The van der Waals surface area contributed by atoms with Gasteiger partial charge in [0.1, 0.15) is 5.82 Å². The number of imidazole rings is 1. The van der Waals surface area contributed by atoms with Crippen molar-refractivity contribution in [1.29, 1.82) is 0 Å². The monoisotopic (exact) mass is 330 g/mol. The van der Waals surface area contributed by atoms with Crippen molar-refractivity contribution < 1.29 is 12.8 Å². The molecule has 0 aliphatic heterocycles. The number of aromatic nitrogens is 2. The summed E-state index contributed by atoms with van der Waals surface area (Å²) in [6.07, 6.45) is 2.91. The quantitative estimate of drug-likeness (QED) is 0.737. The Kier molecular flexibility index (Phi) is 4.00. The van der Waals surface area contributed by atoms with Gasteiger partial charge in [-0.15, -0.1) is 0 Å². The SMILES string of the molecule is Cc1cccc(CS(=O)(=O)c2nccn2-c2cccc(F)c2)c1. The van der Waals surface area contributed by atoms with E-state index in [2.05, 4.69) is 4.98 Å². The Morgan fingerprint density at radius 1 is 1.13 bits per heavy atom. The highest BCUT2D eigenvalue weighted by molar-refractivity contribution is 7.90. The van der Waals surface area contributed by atoms with Crippen molar-refractivity contribution in [2.24, 2.45) is 0 Å². The van der Waals surface area contributed by atoms with Crippen LogP contribution in [0.2, 0.25) is 0 Å². The third-order valence-corrected chi connectivity index (χ3v) is 4.98. The third-order valence-electron chi connectivity index (χ3n) is 3.41. The van der Waals surface area contributed by atoms with Gasteiger partial charge in [-0.1, -0.05) is 35.9 Å². The molecule has 0 aliphatic carbocycles. The van der Waals surface area contributed by atoms with Crippen molar-refractivity contribution in [3.8, 4) is 5.69 Å². The van der Waals surface area contributed by atoms with Crippen LogP contribution >= 0.6 is 0 Å². The van der Waals surface area contributed by atoms with Gasteiger partial charge < -0.3 is 0 Å². The molecule has 0 amide bonds. The maximum Gasteiger partial charge on any atom is 0.232 e. The molecule has 0 saturated carbocycles. The first-order valence-corrected chi connectivity index (χ1v) is 8.68. The Hall–Kier alpha value is -2.47. The molecule has 0 saturated heterocycles. The molecule has 0 spiro atoms. The first-order valence-electron chi connectivity index (χ1n) is 7.03. The molecule has 0 N–H and O–H groups in total. The summed E-state index contributed by atoms with van der Waals surface area (Å²) < 4.78 is 40.1. The molecule has 4 nitrogen and oxygen atoms in total. The Morgan fingerprint density at radius 2 is 1.91 bits per heavy atom. The molecule has 6 heteroatoms. The summed E-state index contributed by atoms with van der Waals surface area (Å²) in [6.45, 7) is 1.91. The third kappa shape index (κ3) is 3.32. The maximum absolute atomic E-state index is 13.4. The molecule has 3 rings (SSSR count). The minimum atomic E-state index is -3.65. The summed E-state index contributed by atoms with van der Waals surface area (Å²) in [5.74, 6) is -0.584. The van der Waals surface area contributed by atoms with Crippen LogP contribution < -0.4 is 0 Å². The molecular weight excluding hydrogens is 315 g/mol. The number of aryl methyl sites for hydroxylation is 1. The average molecular weight is 330 g/mol. The Morgan fingerprint density at radius 3 is 2.65 bits per heavy atom. The van der Waals surface area contributed by atoms with Gasteiger partial charge in [-0.2, -0.15) is 0 Å². The molecular formula is C17H15FN2O2S. The lowest BCUT2D eigenvalue weighted by Crippen LogP contribution is -2.12. The largest absolute Gasteiger partial charge is 0.291 e. The highest BCUT2D eigenvalue weighted by Crippen LogP contribution is 2.20. The molecule has 3 aromatic rings. The number of rotatable bonds is 4. The second-order valence-corrected chi connectivity index (χ2v) is 7.19. The van der Waals surface area contributed by atoms with Crippen LogP contribution in [0.15, 0.2) is 66.1 Å². The van der Waals surface area contributed by atoms with Gasteiger partial charge in [-0.25, -0.2) is 17.8 Å². The van der Waals surface area contributed by atoms with Crippen molar-refractivity contribution in [2.45, 2.75) is 17.8 Å². The van der Waals surface area contributed by atoms with E-state index in [4.69, 9.17) is 0 Å². The molecule has 0 unspecified atom stereocenters. The van der Waals surface area contributed by atoms with Gasteiger partial charge in [0.05, 0.1) is 11.4 Å². The van der Waals surface area contributed by atoms with E-state index in [1.165, 1.54) is 35.2 Å². The maximum atomic E-state index is 13.4. The lowest BCUT2D eigenvalue weighted by molar-refractivity contribution is 0.582. The van der Waals surface area contributed by atoms with Crippen LogP contribution in [0.5, 0.6) is 0 Å². The van der Waals surface area contributed by atoms with Crippen LogP contribution in [0, 0.1) is 12.7 Å². The van der Waals surface area contributed by atoms with Gasteiger partial charge in [0.25, 0.3) is 0 Å². The predicted octanol–water partition coefficient (Wildman–Crippen LogP) is 3.29. The van der Waals surface area contributed by atoms with Gasteiger partial charge in [0.15, 0.2) is 0 Å². The summed E-state index contributed by atoms with van der Waals surface area (Å²) in [7, 11) is -3.65. The molecule has 118 valence electrons. The summed E-state index contributed by atoms with van der Waals surface area (Å²) in [6, 6.07) is 13.1. The molecule has 1 aromatic heterocycles. The van der Waals surface area contributed by atoms with Crippen molar-refractivity contribution in [3.05, 3.63) is 77.9 Å². The normalized spacial score (nSPS) is 11.6. The summed E-state index contributed by atoms with van der Waals surface area (Å²) in [4.78, 5) is 3.97. The van der Waals surface area contributed by atoms with E-state index in [1.54, 1.807) is 12.1 Å². The number of benzene rings is 2. The number of nitrogens with zero attached hydrogens (tertiary/aromatic N) is 2. The molecule has 0 atom stereocenters. The first-order chi connectivity index (χ1) is 11.0. The van der Waals surface area contributed by atoms with Crippen molar-refractivity contribution in [2.75, 3.05) is 0 Å². The fraction of sp³-hybridized carbons (Fsp3) is 0.118. The summed E-state index contributed by atoms with van der Waals surface area (Å²) in [5.41, 5.74) is 2.11. The van der Waals surface area contributed by atoms with Crippen molar-refractivity contribution in [1.82, 2.24) is 9.55 Å². The first kappa shape index (κ1) is 15.4. The van der Waals surface area contributed by atoms with Crippen LogP contribution in [0.1, 0.15) is 11.1 Å².